The monoisotopic (exact) mass is 437 g/mol. The summed E-state index contributed by atoms with van der Waals surface area (Å²) in [6.07, 6.45) is 1.36. The number of phenolic OH excluding ortho intramolecular Hbond substituents is 1. The van der Waals surface area contributed by atoms with Crippen molar-refractivity contribution in [2.24, 2.45) is 5.10 Å². The number of nitrogens with zero attached hydrogens (tertiary/aromatic N) is 2. The molecule has 1 amide bonds. The van der Waals surface area contributed by atoms with Gasteiger partial charge in [0.1, 0.15) is 0 Å². The van der Waals surface area contributed by atoms with Crippen LogP contribution in [0.4, 0.5) is 5.69 Å². The summed E-state index contributed by atoms with van der Waals surface area (Å²) in [5, 5.41) is 24.5. The number of rotatable bonds is 8. The number of phenols is 1. The number of amides is 1. The summed E-state index contributed by atoms with van der Waals surface area (Å²) in [5.74, 6) is -0.354. The number of hydrogen-bond donors (Lipinski definition) is 2. The first kappa shape index (κ1) is 20.2. The molecule has 0 aliphatic heterocycles. The van der Waals surface area contributed by atoms with E-state index in [1.165, 1.54) is 24.4 Å². The molecule has 0 bridgehead atoms. The molecule has 2 rings (SSSR count). The van der Waals surface area contributed by atoms with Crippen LogP contribution in [0.15, 0.2) is 46.0 Å². The van der Waals surface area contributed by atoms with Gasteiger partial charge in [-0.1, -0.05) is 12.1 Å². The fraction of sp³-hybridized carbons (Fsp3) is 0.176. The number of benzene rings is 2. The molecule has 2 aromatic rings. The molecule has 0 aliphatic carbocycles. The van der Waals surface area contributed by atoms with Crippen LogP contribution < -0.4 is 14.9 Å². The van der Waals surface area contributed by atoms with Gasteiger partial charge >= 0.3 is 5.69 Å². The highest BCUT2D eigenvalue weighted by Gasteiger charge is 2.14. The number of aromatic hydroxyl groups is 1. The molecule has 0 aromatic heterocycles. The van der Waals surface area contributed by atoms with Crippen molar-refractivity contribution in [3.05, 3.63) is 56.5 Å². The third-order valence-electron chi connectivity index (χ3n) is 3.17. The van der Waals surface area contributed by atoms with Crippen LogP contribution >= 0.6 is 15.9 Å². The number of hydrazone groups is 1. The van der Waals surface area contributed by atoms with Gasteiger partial charge in [-0.3, -0.25) is 14.9 Å². The van der Waals surface area contributed by atoms with E-state index in [2.05, 4.69) is 26.5 Å². The van der Waals surface area contributed by atoms with E-state index >= 15 is 0 Å². The van der Waals surface area contributed by atoms with Gasteiger partial charge < -0.3 is 14.6 Å². The fourth-order valence-electron chi connectivity index (χ4n) is 2.02. The predicted octanol–water partition coefficient (Wildman–Crippen LogP) is 2.99. The Morgan fingerprint density at radius 1 is 1.33 bits per heavy atom. The zero-order valence-corrected chi connectivity index (χ0v) is 15.8. The van der Waals surface area contributed by atoms with E-state index in [0.717, 1.165) is 0 Å². The van der Waals surface area contributed by atoms with Crippen LogP contribution in [0.5, 0.6) is 17.2 Å². The first-order chi connectivity index (χ1) is 12.9. The fourth-order valence-corrected chi connectivity index (χ4v) is 2.48. The number of nitro groups is 1. The Labute approximate surface area is 162 Å². The minimum atomic E-state index is -0.593. The summed E-state index contributed by atoms with van der Waals surface area (Å²) in [6.45, 7) is 1.72. The van der Waals surface area contributed by atoms with Crippen molar-refractivity contribution in [1.29, 1.82) is 0 Å². The minimum absolute atomic E-state index is 0.00884. The molecule has 0 unspecified atom stereocenters. The summed E-state index contributed by atoms with van der Waals surface area (Å²) < 4.78 is 10.9. The molecule has 0 radical (unpaired) electrons. The molecule has 10 heteroatoms. The topological polar surface area (TPSA) is 123 Å². The number of carbonyl (C=O) groups excluding carboxylic acids is 1. The highest BCUT2D eigenvalue weighted by molar-refractivity contribution is 9.10. The second kappa shape index (κ2) is 9.53. The van der Waals surface area contributed by atoms with Crippen LogP contribution in [0.25, 0.3) is 0 Å². The Hall–Kier alpha value is -3.14. The molecular formula is C17H16BrN3O6. The zero-order valence-electron chi connectivity index (χ0n) is 14.2. The molecule has 0 fully saturated rings. The van der Waals surface area contributed by atoms with E-state index in [1.807, 2.05) is 0 Å². The van der Waals surface area contributed by atoms with Crippen molar-refractivity contribution in [3.63, 3.8) is 0 Å². The summed E-state index contributed by atoms with van der Waals surface area (Å²) in [4.78, 5) is 22.1. The second-order valence-corrected chi connectivity index (χ2v) is 5.94. The smallest absolute Gasteiger partial charge is 0.310 e. The molecule has 142 valence electrons. The van der Waals surface area contributed by atoms with Crippen LogP contribution in [0.3, 0.4) is 0 Å². The van der Waals surface area contributed by atoms with Crippen LogP contribution in [-0.2, 0) is 4.79 Å². The van der Waals surface area contributed by atoms with Crippen LogP contribution in [0.2, 0.25) is 0 Å². The maximum Gasteiger partial charge on any atom is 0.310 e. The van der Waals surface area contributed by atoms with Gasteiger partial charge in [0.2, 0.25) is 0 Å². The summed E-state index contributed by atoms with van der Waals surface area (Å²) in [7, 11) is 0. The van der Waals surface area contributed by atoms with Gasteiger partial charge in [-0.2, -0.15) is 5.10 Å². The first-order valence-electron chi connectivity index (χ1n) is 7.75. The molecule has 0 spiro atoms. The number of halogens is 1. The van der Waals surface area contributed by atoms with Gasteiger partial charge in [0, 0.05) is 6.07 Å². The van der Waals surface area contributed by atoms with E-state index < -0.39 is 17.4 Å². The number of nitro benzene ring substituents is 1. The van der Waals surface area contributed by atoms with Crippen LogP contribution in [-0.4, -0.2) is 35.4 Å². The number of para-hydroxylation sites is 2. The average molecular weight is 438 g/mol. The standard InChI is InChI=1S/C17H16BrN3O6/c1-2-26-15-8-11(7-12(18)17(15)23)9-19-20-16(22)10-27-14-6-4-3-5-13(14)21(24)25/h3-9,23H,2,10H2,1H3,(H,20,22)/b19-9-. The predicted molar refractivity (Wildman–Crippen MR) is 101 cm³/mol. The Morgan fingerprint density at radius 3 is 2.78 bits per heavy atom. The van der Waals surface area contributed by atoms with Gasteiger partial charge in [0.05, 0.1) is 22.2 Å². The minimum Gasteiger partial charge on any atom is -0.503 e. The zero-order chi connectivity index (χ0) is 19.8. The van der Waals surface area contributed by atoms with Crippen LogP contribution in [0, 0.1) is 10.1 Å². The molecule has 0 heterocycles. The van der Waals surface area contributed by atoms with Crippen LogP contribution in [0.1, 0.15) is 12.5 Å². The highest BCUT2D eigenvalue weighted by Crippen LogP contribution is 2.35. The summed E-state index contributed by atoms with van der Waals surface area (Å²) >= 11 is 3.20. The molecule has 0 atom stereocenters. The lowest BCUT2D eigenvalue weighted by Crippen LogP contribution is -2.24. The lowest BCUT2D eigenvalue weighted by Gasteiger charge is -2.08. The Bertz CT molecular complexity index is 872. The van der Waals surface area contributed by atoms with E-state index in [1.54, 1.807) is 25.1 Å². The number of nitrogens with one attached hydrogen (secondary N) is 1. The SMILES string of the molecule is CCOc1cc(/C=N\NC(=O)COc2ccccc2[N+](=O)[O-])cc(Br)c1O. The van der Waals surface area contributed by atoms with Gasteiger partial charge in [0.25, 0.3) is 5.91 Å². The Kier molecular flexibility index (Phi) is 7.12. The highest BCUT2D eigenvalue weighted by atomic mass is 79.9. The van der Waals surface area contributed by atoms with Crippen molar-refractivity contribution in [2.45, 2.75) is 6.92 Å². The lowest BCUT2D eigenvalue weighted by atomic mass is 10.2. The molecule has 9 nitrogen and oxygen atoms in total. The van der Waals surface area contributed by atoms with E-state index in [0.29, 0.717) is 16.6 Å². The van der Waals surface area contributed by atoms with Crippen molar-refractivity contribution >= 4 is 33.7 Å². The second-order valence-electron chi connectivity index (χ2n) is 5.09. The molecule has 2 aromatic carbocycles. The number of carbonyl (C=O) groups is 1. The van der Waals surface area contributed by atoms with E-state index in [-0.39, 0.29) is 22.9 Å². The van der Waals surface area contributed by atoms with Gasteiger partial charge in [-0.05, 0) is 46.6 Å². The third kappa shape index (κ3) is 5.68. The van der Waals surface area contributed by atoms with Crippen molar-refractivity contribution in [3.8, 4) is 17.2 Å². The quantitative estimate of drug-likeness (QED) is 0.371. The first-order valence-corrected chi connectivity index (χ1v) is 8.55. The van der Waals surface area contributed by atoms with Crippen molar-refractivity contribution in [1.82, 2.24) is 5.43 Å². The van der Waals surface area contributed by atoms with Gasteiger partial charge in [-0.15, -0.1) is 0 Å². The Morgan fingerprint density at radius 2 is 2.07 bits per heavy atom. The summed E-state index contributed by atoms with van der Waals surface area (Å²) in [6, 6.07) is 8.90. The maximum atomic E-state index is 11.8. The third-order valence-corrected chi connectivity index (χ3v) is 3.78. The van der Waals surface area contributed by atoms with Crippen molar-refractivity contribution in [2.75, 3.05) is 13.2 Å². The van der Waals surface area contributed by atoms with Crippen molar-refractivity contribution < 1.29 is 24.3 Å². The largest absolute Gasteiger partial charge is 0.503 e. The average Bonchev–Trinajstić information content (AvgIpc) is 2.64. The molecular weight excluding hydrogens is 422 g/mol. The van der Waals surface area contributed by atoms with Gasteiger partial charge in [0.15, 0.2) is 23.9 Å². The lowest BCUT2D eigenvalue weighted by molar-refractivity contribution is -0.385. The van der Waals surface area contributed by atoms with E-state index in [9.17, 15) is 20.0 Å². The normalized spacial score (nSPS) is 10.6. The van der Waals surface area contributed by atoms with E-state index in [4.69, 9.17) is 9.47 Å². The molecule has 2 N–H and O–H groups in total. The molecule has 27 heavy (non-hydrogen) atoms. The number of ether oxygens (including phenoxy) is 2. The van der Waals surface area contributed by atoms with Gasteiger partial charge in [-0.25, -0.2) is 5.43 Å². The number of hydrogen-bond acceptors (Lipinski definition) is 7. The summed E-state index contributed by atoms with van der Waals surface area (Å²) in [5.41, 5.74) is 2.59. The molecule has 0 saturated heterocycles. The molecule has 0 aliphatic rings. The molecule has 0 saturated carbocycles. The maximum absolute atomic E-state index is 11.8. The Balaban J connectivity index is 1.95.